The van der Waals surface area contributed by atoms with Gasteiger partial charge in [-0.25, -0.2) is 27.9 Å². The highest BCUT2D eigenvalue weighted by atomic mass is 19.3. The van der Waals surface area contributed by atoms with Crippen LogP contribution in [0.5, 0.6) is 0 Å². The number of aromatic nitrogens is 3. The van der Waals surface area contributed by atoms with Crippen molar-refractivity contribution in [3.8, 4) is 11.3 Å². The zero-order valence-electron chi connectivity index (χ0n) is 13.4. The summed E-state index contributed by atoms with van der Waals surface area (Å²) in [5.74, 6) is -0.387. The number of amides is 2. The molecule has 0 saturated carbocycles. The smallest absolute Gasteiger partial charge is 0.321 e. The van der Waals surface area contributed by atoms with E-state index in [1.54, 1.807) is 14.1 Å². The number of alkyl halides is 2. The summed E-state index contributed by atoms with van der Waals surface area (Å²) in [5, 5.41) is 2.61. The lowest BCUT2D eigenvalue weighted by Gasteiger charge is -2.12. The van der Waals surface area contributed by atoms with Crippen LogP contribution in [0.15, 0.2) is 36.8 Å². The average molecular weight is 349 g/mol. The van der Waals surface area contributed by atoms with Gasteiger partial charge < -0.3 is 10.2 Å². The summed E-state index contributed by atoms with van der Waals surface area (Å²) in [6.07, 6.45) is 0.966. The Bertz CT molecular complexity index is 939. The molecule has 0 fully saturated rings. The zero-order valence-corrected chi connectivity index (χ0v) is 13.4. The number of carbonyl (C=O) groups is 1. The lowest BCUT2D eigenvalue weighted by atomic mass is 10.1. The van der Waals surface area contributed by atoms with Gasteiger partial charge in [0.2, 0.25) is 5.78 Å². The summed E-state index contributed by atoms with van der Waals surface area (Å²) in [4.78, 5) is 21.0. The third-order valence-electron chi connectivity index (χ3n) is 3.48. The third-order valence-corrected chi connectivity index (χ3v) is 3.48. The highest BCUT2D eigenvalue weighted by Gasteiger charge is 2.14. The number of benzene rings is 1. The molecule has 2 amide bonds. The van der Waals surface area contributed by atoms with E-state index in [0.717, 1.165) is 6.20 Å². The van der Waals surface area contributed by atoms with Crippen molar-refractivity contribution < 1.29 is 18.0 Å². The molecule has 0 radical (unpaired) electrons. The number of anilines is 1. The van der Waals surface area contributed by atoms with E-state index in [9.17, 15) is 18.0 Å². The summed E-state index contributed by atoms with van der Waals surface area (Å²) in [6, 6.07) is 3.68. The first-order valence-electron chi connectivity index (χ1n) is 7.26. The van der Waals surface area contributed by atoms with Crippen LogP contribution in [0.25, 0.3) is 17.0 Å². The number of carbonyl (C=O) groups excluding carboxylic acids is 1. The van der Waals surface area contributed by atoms with E-state index < -0.39 is 12.2 Å². The van der Waals surface area contributed by atoms with Gasteiger partial charge in [-0.2, -0.15) is 0 Å². The van der Waals surface area contributed by atoms with Crippen LogP contribution in [-0.4, -0.2) is 39.4 Å². The number of urea groups is 1. The average Bonchev–Trinajstić information content (AvgIpc) is 2.99. The molecule has 25 heavy (non-hydrogen) atoms. The molecule has 3 aromatic rings. The normalized spacial score (nSPS) is 11.1. The summed E-state index contributed by atoms with van der Waals surface area (Å²) in [7, 11) is 3.16. The maximum absolute atomic E-state index is 14.2. The first kappa shape index (κ1) is 16.7. The van der Waals surface area contributed by atoms with Gasteiger partial charge in [0.15, 0.2) is 0 Å². The van der Waals surface area contributed by atoms with Crippen molar-refractivity contribution in [2.24, 2.45) is 0 Å². The molecule has 2 heterocycles. The van der Waals surface area contributed by atoms with Crippen LogP contribution in [0.3, 0.4) is 0 Å². The molecule has 0 aliphatic heterocycles. The van der Waals surface area contributed by atoms with Crippen LogP contribution in [-0.2, 0) is 0 Å². The highest BCUT2D eigenvalue weighted by molar-refractivity contribution is 5.89. The summed E-state index contributed by atoms with van der Waals surface area (Å²) in [5.41, 5.74) is 0.468. The summed E-state index contributed by atoms with van der Waals surface area (Å²) < 4.78 is 41.0. The Balaban J connectivity index is 2.00. The maximum atomic E-state index is 14.2. The fourth-order valence-electron chi connectivity index (χ4n) is 2.18. The molecule has 0 saturated heterocycles. The summed E-state index contributed by atoms with van der Waals surface area (Å²) >= 11 is 0. The zero-order chi connectivity index (χ0) is 18.1. The quantitative estimate of drug-likeness (QED) is 0.786. The molecule has 0 aliphatic carbocycles. The fraction of sp³-hybridized carbons (Fsp3) is 0.188. The second kappa shape index (κ2) is 6.42. The van der Waals surface area contributed by atoms with Gasteiger partial charge in [-0.3, -0.25) is 4.40 Å². The van der Waals surface area contributed by atoms with Crippen molar-refractivity contribution in [1.29, 1.82) is 0 Å². The van der Waals surface area contributed by atoms with Crippen LogP contribution < -0.4 is 5.32 Å². The number of hydrogen-bond donors (Lipinski definition) is 1. The van der Waals surface area contributed by atoms with Crippen molar-refractivity contribution in [2.75, 3.05) is 19.4 Å². The van der Waals surface area contributed by atoms with Gasteiger partial charge in [-0.15, -0.1) is 0 Å². The largest absolute Gasteiger partial charge is 0.331 e. The van der Waals surface area contributed by atoms with Gasteiger partial charge >= 0.3 is 6.03 Å². The molecule has 2 aromatic heterocycles. The minimum Gasteiger partial charge on any atom is -0.331 e. The molecule has 130 valence electrons. The van der Waals surface area contributed by atoms with Gasteiger partial charge in [0.25, 0.3) is 6.43 Å². The highest BCUT2D eigenvalue weighted by Crippen LogP contribution is 2.26. The summed E-state index contributed by atoms with van der Waals surface area (Å²) in [6.45, 7) is 0. The van der Waals surface area contributed by atoms with E-state index in [0.29, 0.717) is 5.69 Å². The van der Waals surface area contributed by atoms with E-state index in [-0.39, 0.29) is 28.6 Å². The molecule has 6 nitrogen and oxygen atoms in total. The van der Waals surface area contributed by atoms with E-state index in [4.69, 9.17) is 0 Å². The van der Waals surface area contributed by atoms with E-state index in [1.807, 2.05) is 0 Å². The predicted molar refractivity (Wildman–Crippen MR) is 86.0 cm³/mol. The molecule has 1 N–H and O–H groups in total. The third kappa shape index (κ3) is 3.39. The Morgan fingerprint density at radius 3 is 2.72 bits per heavy atom. The van der Waals surface area contributed by atoms with Crippen molar-refractivity contribution in [3.63, 3.8) is 0 Å². The van der Waals surface area contributed by atoms with E-state index >= 15 is 0 Å². The van der Waals surface area contributed by atoms with Gasteiger partial charge in [0, 0.05) is 43.9 Å². The van der Waals surface area contributed by atoms with Crippen molar-refractivity contribution in [2.45, 2.75) is 6.43 Å². The van der Waals surface area contributed by atoms with Gasteiger partial charge in [-0.05, 0) is 18.2 Å². The van der Waals surface area contributed by atoms with E-state index in [2.05, 4.69) is 15.3 Å². The number of nitrogens with one attached hydrogen (secondary N) is 1. The van der Waals surface area contributed by atoms with Crippen LogP contribution in [0, 0.1) is 5.82 Å². The Morgan fingerprint density at radius 1 is 1.28 bits per heavy atom. The number of nitrogens with zero attached hydrogens (tertiary/aromatic N) is 4. The van der Waals surface area contributed by atoms with Crippen LogP contribution in [0.1, 0.15) is 12.0 Å². The molecule has 0 unspecified atom stereocenters. The molecule has 0 atom stereocenters. The van der Waals surface area contributed by atoms with Crippen molar-refractivity contribution in [3.05, 3.63) is 48.2 Å². The number of imidazole rings is 1. The second-order valence-electron chi connectivity index (χ2n) is 5.54. The minimum atomic E-state index is -2.66. The SMILES string of the molecule is CN(C)C(=O)Nc1ccc(F)c(-c2cn3cc(C(F)F)cnc3n2)c1. The second-order valence-corrected chi connectivity index (χ2v) is 5.54. The first-order valence-corrected chi connectivity index (χ1v) is 7.26. The number of rotatable bonds is 3. The fourth-order valence-corrected chi connectivity index (χ4v) is 2.18. The molecular weight excluding hydrogens is 335 g/mol. The Kier molecular flexibility index (Phi) is 4.30. The Morgan fingerprint density at radius 2 is 2.04 bits per heavy atom. The van der Waals surface area contributed by atoms with Gasteiger partial charge in [0.1, 0.15) is 5.82 Å². The monoisotopic (exact) mass is 349 g/mol. The number of halogens is 3. The van der Waals surface area contributed by atoms with Gasteiger partial charge in [0.05, 0.1) is 11.3 Å². The number of fused-ring (bicyclic) bond motifs is 1. The Labute approximate surface area is 140 Å². The van der Waals surface area contributed by atoms with Crippen LogP contribution in [0.4, 0.5) is 23.7 Å². The van der Waals surface area contributed by atoms with Gasteiger partial charge in [-0.1, -0.05) is 0 Å². The molecular formula is C16H14F3N5O. The van der Waals surface area contributed by atoms with Crippen molar-refractivity contribution in [1.82, 2.24) is 19.3 Å². The molecule has 1 aromatic carbocycles. The lowest BCUT2D eigenvalue weighted by Crippen LogP contribution is -2.27. The molecule has 9 heteroatoms. The molecule has 0 bridgehead atoms. The molecule has 3 rings (SSSR count). The maximum Gasteiger partial charge on any atom is 0.321 e. The minimum absolute atomic E-state index is 0.126. The Hall–Kier alpha value is -3.10. The topological polar surface area (TPSA) is 62.5 Å². The van der Waals surface area contributed by atoms with Crippen LogP contribution in [0.2, 0.25) is 0 Å². The molecule has 0 aliphatic rings. The lowest BCUT2D eigenvalue weighted by molar-refractivity contribution is 0.150. The number of hydrogen-bond acceptors (Lipinski definition) is 3. The van der Waals surface area contributed by atoms with E-state index in [1.165, 1.54) is 39.9 Å². The van der Waals surface area contributed by atoms with Crippen molar-refractivity contribution >= 4 is 17.5 Å². The predicted octanol–water partition coefficient (Wildman–Crippen LogP) is 3.57. The van der Waals surface area contributed by atoms with Crippen LogP contribution >= 0.6 is 0 Å². The molecule has 0 spiro atoms. The first-order chi connectivity index (χ1) is 11.8. The standard InChI is InChI=1S/C16H14F3N5O/c1-23(2)16(25)21-10-3-4-12(17)11(5-10)13-8-24-7-9(14(18)19)6-20-15(24)22-13/h3-8,14H,1-2H3,(H,21,25).